The molecule has 28 heavy (non-hydrogen) atoms. The fourth-order valence-electron chi connectivity index (χ4n) is 2.46. The minimum atomic E-state index is -0.523. The molecule has 0 unspecified atom stereocenters. The first kappa shape index (κ1) is 19.1. The smallest absolute Gasteiger partial charge is 0.331 e. The third-order valence-corrected chi connectivity index (χ3v) is 4.09. The molecular weight excluding hydrogens is 354 g/mol. The lowest BCUT2D eigenvalue weighted by molar-refractivity contribution is -0.139. The monoisotopic (exact) mass is 373 g/mol. The molecule has 0 spiro atoms. The normalized spacial score (nSPS) is 10.9. The fourth-order valence-corrected chi connectivity index (χ4v) is 2.46. The van der Waals surface area contributed by atoms with E-state index < -0.39 is 5.97 Å². The first-order valence-corrected chi connectivity index (χ1v) is 8.83. The summed E-state index contributed by atoms with van der Waals surface area (Å²) >= 11 is 0. The van der Waals surface area contributed by atoms with E-state index >= 15 is 0 Å². The molecule has 0 saturated carbocycles. The maximum atomic E-state index is 11.8. The standard InChI is InChI=1S/C22H19N3O3/c1-15(2)18-8-10-19(11-9-18)22-24-20(28-25-22)14-27-21(26)12-7-16-3-5-17(13-23)6-4-16/h3-12,15H,14H2,1-2H3/b12-7+. The van der Waals surface area contributed by atoms with Crippen LogP contribution in [0.5, 0.6) is 0 Å². The van der Waals surface area contributed by atoms with E-state index in [-0.39, 0.29) is 12.5 Å². The summed E-state index contributed by atoms with van der Waals surface area (Å²) < 4.78 is 10.3. The first-order valence-electron chi connectivity index (χ1n) is 8.83. The molecule has 0 fully saturated rings. The van der Waals surface area contributed by atoms with Crippen molar-refractivity contribution in [1.29, 1.82) is 5.26 Å². The predicted molar refractivity (Wildman–Crippen MR) is 104 cm³/mol. The second kappa shape index (κ2) is 8.78. The van der Waals surface area contributed by atoms with Gasteiger partial charge in [-0.25, -0.2) is 4.79 Å². The van der Waals surface area contributed by atoms with Gasteiger partial charge in [-0.2, -0.15) is 10.2 Å². The molecule has 0 aliphatic rings. The van der Waals surface area contributed by atoms with Crippen molar-refractivity contribution in [2.45, 2.75) is 26.4 Å². The first-order chi connectivity index (χ1) is 13.5. The number of ether oxygens (including phenoxy) is 1. The molecule has 1 heterocycles. The molecule has 2 aromatic carbocycles. The van der Waals surface area contributed by atoms with Crippen molar-refractivity contribution in [3.63, 3.8) is 0 Å². The quantitative estimate of drug-likeness (QED) is 0.467. The summed E-state index contributed by atoms with van der Waals surface area (Å²) in [6.07, 6.45) is 2.92. The number of benzene rings is 2. The molecule has 0 N–H and O–H groups in total. The van der Waals surface area contributed by atoms with Gasteiger partial charge >= 0.3 is 5.97 Å². The van der Waals surface area contributed by atoms with Crippen LogP contribution in [0.2, 0.25) is 0 Å². The van der Waals surface area contributed by atoms with Crippen molar-refractivity contribution in [2.75, 3.05) is 0 Å². The molecule has 0 atom stereocenters. The summed E-state index contributed by atoms with van der Waals surface area (Å²) in [6, 6.07) is 16.8. The van der Waals surface area contributed by atoms with Gasteiger partial charge in [-0.05, 0) is 35.3 Å². The average molecular weight is 373 g/mol. The Morgan fingerprint density at radius 3 is 2.54 bits per heavy atom. The molecule has 1 aromatic heterocycles. The molecule has 140 valence electrons. The lowest BCUT2D eigenvalue weighted by Gasteiger charge is -2.04. The second-order valence-electron chi connectivity index (χ2n) is 6.46. The Morgan fingerprint density at radius 1 is 1.18 bits per heavy atom. The third-order valence-electron chi connectivity index (χ3n) is 4.09. The summed E-state index contributed by atoms with van der Waals surface area (Å²) in [4.78, 5) is 16.1. The molecule has 3 aromatic rings. The summed E-state index contributed by atoms with van der Waals surface area (Å²) in [7, 11) is 0. The van der Waals surface area contributed by atoms with Crippen molar-refractivity contribution in [3.8, 4) is 17.5 Å². The Balaban J connectivity index is 1.55. The van der Waals surface area contributed by atoms with Crippen LogP contribution >= 0.6 is 0 Å². The highest BCUT2D eigenvalue weighted by atomic mass is 16.6. The molecule has 0 radical (unpaired) electrons. The number of esters is 1. The van der Waals surface area contributed by atoms with Gasteiger partial charge in [0, 0.05) is 11.6 Å². The maximum absolute atomic E-state index is 11.8. The number of nitriles is 1. The van der Waals surface area contributed by atoms with Crippen LogP contribution in [0.4, 0.5) is 0 Å². The average Bonchev–Trinajstić information content (AvgIpc) is 3.20. The highest BCUT2D eigenvalue weighted by Crippen LogP contribution is 2.20. The number of rotatable bonds is 6. The lowest BCUT2D eigenvalue weighted by Crippen LogP contribution is -2.01. The number of carbonyl (C=O) groups is 1. The van der Waals surface area contributed by atoms with Gasteiger partial charge in [-0.3, -0.25) is 0 Å². The third kappa shape index (κ3) is 4.92. The van der Waals surface area contributed by atoms with E-state index in [1.165, 1.54) is 11.6 Å². The van der Waals surface area contributed by atoms with Crippen LogP contribution in [0.15, 0.2) is 59.1 Å². The highest BCUT2D eigenvalue weighted by molar-refractivity contribution is 5.87. The Labute approximate surface area is 163 Å². The van der Waals surface area contributed by atoms with Crippen LogP contribution in [0, 0.1) is 11.3 Å². The molecule has 0 saturated heterocycles. The molecule has 3 rings (SSSR count). The lowest BCUT2D eigenvalue weighted by atomic mass is 10.0. The van der Waals surface area contributed by atoms with Gasteiger partial charge in [0.2, 0.25) is 5.82 Å². The van der Waals surface area contributed by atoms with Crippen LogP contribution in [0.25, 0.3) is 17.5 Å². The van der Waals surface area contributed by atoms with E-state index in [2.05, 4.69) is 24.0 Å². The summed E-state index contributed by atoms with van der Waals surface area (Å²) in [5, 5.41) is 12.7. The van der Waals surface area contributed by atoms with E-state index in [0.717, 1.165) is 11.1 Å². The van der Waals surface area contributed by atoms with Crippen molar-refractivity contribution in [2.24, 2.45) is 0 Å². The number of hydrogen-bond donors (Lipinski definition) is 0. The van der Waals surface area contributed by atoms with E-state index in [4.69, 9.17) is 14.5 Å². The Bertz CT molecular complexity index is 1010. The van der Waals surface area contributed by atoms with Gasteiger partial charge in [0.05, 0.1) is 11.6 Å². The molecule has 0 aliphatic carbocycles. The summed E-state index contributed by atoms with van der Waals surface area (Å²) in [5.74, 6) is 0.606. The van der Waals surface area contributed by atoms with Crippen molar-refractivity contribution in [1.82, 2.24) is 10.1 Å². The van der Waals surface area contributed by atoms with Gasteiger partial charge in [-0.15, -0.1) is 0 Å². The SMILES string of the molecule is CC(C)c1ccc(-c2noc(COC(=O)/C=C/c3ccc(C#N)cc3)n2)cc1. The molecule has 6 nitrogen and oxygen atoms in total. The molecule has 0 bridgehead atoms. The van der Waals surface area contributed by atoms with Gasteiger partial charge < -0.3 is 9.26 Å². The minimum Gasteiger partial charge on any atom is -0.452 e. The van der Waals surface area contributed by atoms with Crippen LogP contribution in [0.1, 0.15) is 42.3 Å². The van der Waals surface area contributed by atoms with Gasteiger partial charge in [0.15, 0.2) is 6.61 Å². The van der Waals surface area contributed by atoms with E-state index in [0.29, 0.717) is 17.3 Å². The van der Waals surface area contributed by atoms with Crippen molar-refractivity contribution < 1.29 is 14.1 Å². The van der Waals surface area contributed by atoms with Gasteiger partial charge in [0.1, 0.15) is 0 Å². The Hall–Kier alpha value is -3.72. The molecule has 0 aliphatic heterocycles. The second-order valence-corrected chi connectivity index (χ2v) is 6.46. The van der Waals surface area contributed by atoms with Crippen LogP contribution in [0.3, 0.4) is 0 Å². The maximum Gasteiger partial charge on any atom is 0.331 e. The van der Waals surface area contributed by atoms with Gasteiger partial charge in [0.25, 0.3) is 5.89 Å². The number of nitrogens with zero attached hydrogens (tertiary/aromatic N) is 3. The zero-order valence-electron chi connectivity index (χ0n) is 15.6. The molecule has 0 amide bonds. The van der Waals surface area contributed by atoms with E-state index in [9.17, 15) is 4.79 Å². The Morgan fingerprint density at radius 2 is 1.89 bits per heavy atom. The fraction of sp³-hybridized carbons (Fsp3) is 0.182. The number of carbonyl (C=O) groups excluding carboxylic acids is 1. The highest BCUT2D eigenvalue weighted by Gasteiger charge is 2.10. The van der Waals surface area contributed by atoms with Crippen LogP contribution < -0.4 is 0 Å². The summed E-state index contributed by atoms with van der Waals surface area (Å²) in [6.45, 7) is 4.16. The number of hydrogen-bond acceptors (Lipinski definition) is 6. The van der Waals surface area contributed by atoms with Crippen molar-refractivity contribution in [3.05, 3.63) is 77.2 Å². The van der Waals surface area contributed by atoms with Crippen LogP contribution in [-0.2, 0) is 16.1 Å². The van der Waals surface area contributed by atoms with Crippen LogP contribution in [-0.4, -0.2) is 16.1 Å². The zero-order chi connectivity index (χ0) is 19.9. The van der Waals surface area contributed by atoms with Crippen molar-refractivity contribution >= 4 is 12.0 Å². The topological polar surface area (TPSA) is 89.0 Å². The Kier molecular flexibility index (Phi) is 5.97. The summed E-state index contributed by atoms with van der Waals surface area (Å²) in [5.41, 5.74) is 3.42. The predicted octanol–water partition coefficient (Wildman–Crippen LogP) is 4.49. The zero-order valence-corrected chi connectivity index (χ0v) is 15.6. The van der Waals surface area contributed by atoms with E-state index in [1.807, 2.05) is 30.3 Å². The minimum absolute atomic E-state index is 0.104. The molecular formula is C22H19N3O3. The largest absolute Gasteiger partial charge is 0.452 e. The molecule has 6 heteroatoms. The number of aromatic nitrogens is 2. The van der Waals surface area contributed by atoms with E-state index in [1.54, 1.807) is 30.3 Å². The van der Waals surface area contributed by atoms with Gasteiger partial charge in [-0.1, -0.05) is 55.4 Å².